The fraction of sp³-hybridized carbons (Fsp3) is 0.826. The summed E-state index contributed by atoms with van der Waals surface area (Å²) in [5.74, 6) is 0.00883. The molecule has 3 N–H and O–H groups in total. The van der Waals surface area contributed by atoms with Crippen LogP contribution in [0.5, 0.6) is 0 Å². The van der Waals surface area contributed by atoms with Crippen LogP contribution in [0.1, 0.15) is 72.1 Å². The molecule has 0 spiro atoms. The SMILES string of the molecule is CC[C@H](C)C(=O)O[C@H]1CCC[C@@H]2C=C[C@H](C)[C@@H](CC[C@@H](O)C[C@@H](O)CC(=O)O)[C@@H]12. The van der Waals surface area contributed by atoms with E-state index in [9.17, 15) is 19.8 Å². The average Bonchev–Trinajstić information content (AvgIpc) is 2.66. The molecule has 1 fully saturated rings. The van der Waals surface area contributed by atoms with E-state index in [0.717, 1.165) is 32.1 Å². The van der Waals surface area contributed by atoms with Gasteiger partial charge in [0.15, 0.2) is 0 Å². The number of carboxylic acid groups (broad SMARTS) is 1. The van der Waals surface area contributed by atoms with Gasteiger partial charge in [-0.05, 0) is 62.7 Å². The Morgan fingerprint density at radius 2 is 1.90 bits per heavy atom. The lowest BCUT2D eigenvalue weighted by molar-refractivity contribution is -0.162. The van der Waals surface area contributed by atoms with Gasteiger partial charge in [-0.2, -0.15) is 0 Å². The van der Waals surface area contributed by atoms with Crippen molar-refractivity contribution in [2.45, 2.75) is 90.4 Å². The fourth-order valence-electron chi connectivity index (χ4n) is 4.97. The molecule has 29 heavy (non-hydrogen) atoms. The molecule has 0 unspecified atom stereocenters. The minimum Gasteiger partial charge on any atom is -0.481 e. The van der Waals surface area contributed by atoms with Crippen molar-refractivity contribution in [2.75, 3.05) is 0 Å². The highest BCUT2D eigenvalue weighted by molar-refractivity contribution is 5.72. The second-order valence-electron chi connectivity index (χ2n) is 9.08. The summed E-state index contributed by atoms with van der Waals surface area (Å²) in [5, 5.41) is 28.8. The number of allylic oxidation sites excluding steroid dienone is 2. The molecule has 0 aromatic heterocycles. The summed E-state index contributed by atoms with van der Waals surface area (Å²) in [5.41, 5.74) is 0. The molecule has 2 aliphatic rings. The van der Waals surface area contributed by atoms with Crippen LogP contribution in [-0.2, 0) is 14.3 Å². The number of fused-ring (bicyclic) bond motifs is 1. The van der Waals surface area contributed by atoms with Crippen LogP contribution in [0.3, 0.4) is 0 Å². The number of aliphatic hydroxyl groups is 2. The predicted octanol–water partition coefficient (Wildman–Crippen LogP) is 3.55. The molecule has 0 radical (unpaired) electrons. The normalized spacial score (nSPS) is 32.1. The molecule has 0 saturated heterocycles. The third-order valence-electron chi connectivity index (χ3n) is 6.85. The standard InChI is InChI=1S/C23H38O6/c1-4-14(2)23(28)29-20-7-5-6-16-9-8-15(3)19(22(16)20)11-10-17(24)12-18(25)13-21(26)27/h8-9,14-20,22,24-25H,4-7,10-13H2,1-3H3,(H,26,27)/t14-,15-,16+,17+,18+,19+,20-,22-/m0/s1. The quantitative estimate of drug-likeness (QED) is 0.376. The van der Waals surface area contributed by atoms with Crippen molar-refractivity contribution in [1.82, 2.24) is 0 Å². The fourth-order valence-corrected chi connectivity index (χ4v) is 4.97. The minimum atomic E-state index is -1.06. The molecule has 0 aromatic carbocycles. The number of carbonyl (C=O) groups is 2. The average molecular weight is 411 g/mol. The number of carbonyl (C=O) groups excluding carboxylic acids is 1. The Kier molecular flexibility index (Phi) is 9.15. The lowest BCUT2D eigenvalue weighted by atomic mass is 9.62. The number of aliphatic carboxylic acids is 1. The molecule has 1 saturated carbocycles. The number of ether oxygens (including phenoxy) is 1. The van der Waals surface area contributed by atoms with Gasteiger partial charge in [-0.15, -0.1) is 0 Å². The molecule has 0 aromatic rings. The Balaban J connectivity index is 2.01. The van der Waals surface area contributed by atoms with E-state index in [1.165, 1.54) is 0 Å². The molecule has 0 aliphatic heterocycles. The summed E-state index contributed by atoms with van der Waals surface area (Å²) >= 11 is 0. The Labute approximate surface area is 174 Å². The lowest BCUT2D eigenvalue weighted by Crippen LogP contribution is -2.44. The zero-order chi connectivity index (χ0) is 21.6. The number of esters is 1. The first kappa shape index (κ1) is 23.9. The van der Waals surface area contributed by atoms with Crippen molar-refractivity contribution in [1.29, 1.82) is 0 Å². The van der Waals surface area contributed by atoms with Crippen LogP contribution in [0, 0.1) is 29.6 Å². The Hall–Kier alpha value is -1.40. The first-order chi connectivity index (χ1) is 13.7. The van der Waals surface area contributed by atoms with Gasteiger partial charge < -0.3 is 20.1 Å². The van der Waals surface area contributed by atoms with Gasteiger partial charge in [0.2, 0.25) is 0 Å². The maximum atomic E-state index is 12.4. The first-order valence-corrected chi connectivity index (χ1v) is 11.2. The van der Waals surface area contributed by atoms with E-state index >= 15 is 0 Å². The van der Waals surface area contributed by atoms with E-state index in [1.807, 2.05) is 13.8 Å². The molecule has 166 valence electrons. The zero-order valence-electron chi connectivity index (χ0n) is 18.0. The maximum absolute atomic E-state index is 12.4. The summed E-state index contributed by atoms with van der Waals surface area (Å²) in [6, 6.07) is 0. The molecular weight excluding hydrogens is 372 g/mol. The number of aliphatic hydroxyl groups excluding tert-OH is 2. The minimum absolute atomic E-state index is 0.0732. The number of hydrogen-bond acceptors (Lipinski definition) is 5. The van der Waals surface area contributed by atoms with Gasteiger partial charge in [0.25, 0.3) is 0 Å². The van der Waals surface area contributed by atoms with Crippen LogP contribution in [-0.4, -0.2) is 45.6 Å². The number of carboxylic acids is 1. The highest BCUT2D eigenvalue weighted by Gasteiger charge is 2.43. The second-order valence-corrected chi connectivity index (χ2v) is 9.08. The Morgan fingerprint density at radius 1 is 1.17 bits per heavy atom. The van der Waals surface area contributed by atoms with Crippen LogP contribution >= 0.6 is 0 Å². The topological polar surface area (TPSA) is 104 Å². The second kappa shape index (κ2) is 11.1. The molecule has 6 nitrogen and oxygen atoms in total. The molecule has 0 heterocycles. The highest BCUT2D eigenvalue weighted by atomic mass is 16.5. The predicted molar refractivity (Wildman–Crippen MR) is 110 cm³/mol. The van der Waals surface area contributed by atoms with Gasteiger partial charge in [0.1, 0.15) is 6.10 Å². The summed E-state index contributed by atoms with van der Waals surface area (Å²) < 4.78 is 5.97. The largest absolute Gasteiger partial charge is 0.481 e. The van der Waals surface area contributed by atoms with Crippen molar-refractivity contribution in [2.24, 2.45) is 29.6 Å². The summed E-state index contributed by atoms with van der Waals surface area (Å²) in [7, 11) is 0. The van der Waals surface area contributed by atoms with Gasteiger partial charge in [-0.25, -0.2) is 0 Å². The van der Waals surface area contributed by atoms with Gasteiger partial charge >= 0.3 is 11.9 Å². The highest BCUT2D eigenvalue weighted by Crippen LogP contribution is 2.46. The third-order valence-corrected chi connectivity index (χ3v) is 6.85. The molecule has 0 amide bonds. The van der Waals surface area contributed by atoms with E-state index in [2.05, 4.69) is 19.1 Å². The Bertz CT molecular complexity index is 574. The summed E-state index contributed by atoms with van der Waals surface area (Å²) in [4.78, 5) is 23.1. The van der Waals surface area contributed by atoms with Crippen LogP contribution in [0.2, 0.25) is 0 Å². The van der Waals surface area contributed by atoms with Crippen LogP contribution < -0.4 is 0 Å². The molecule has 8 atom stereocenters. The van der Waals surface area contributed by atoms with Gasteiger partial charge in [0.05, 0.1) is 24.5 Å². The van der Waals surface area contributed by atoms with E-state index in [4.69, 9.17) is 9.84 Å². The smallest absolute Gasteiger partial charge is 0.308 e. The summed E-state index contributed by atoms with van der Waals surface area (Å²) in [6.45, 7) is 6.07. The molecule has 0 bridgehead atoms. The van der Waals surface area contributed by atoms with Crippen LogP contribution in [0.15, 0.2) is 12.2 Å². The Morgan fingerprint density at radius 3 is 2.55 bits per heavy atom. The third kappa shape index (κ3) is 6.82. The zero-order valence-corrected chi connectivity index (χ0v) is 18.0. The van der Waals surface area contributed by atoms with Crippen molar-refractivity contribution in [3.8, 4) is 0 Å². The maximum Gasteiger partial charge on any atom is 0.308 e. The molecule has 2 rings (SSSR count). The molecular formula is C23H38O6. The van der Waals surface area contributed by atoms with Gasteiger partial charge in [0, 0.05) is 5.92 Å². The number of rotatable bonds is 10. The first-order valence-electron chi connectivity index (χ1n) is 11.2. The lowest BCUT2D eigenvalue weighted by Gasteiger charge is -2.46. The van der Waals surface area contributed by atoms with Crippen LogP contribution in [0.4, 0.5) is 0 Å². The van der Waals surface area contributed by atoms with Gasteiger partial charge in [-0.1, -0.05) is 32.9 Å². The number of hydrogen-bond donors (Lipinski definition) is 3. The molecule has 6 heteroatoms. The van der Waals surface area contributed by atoms with E-state index < -0.39 is 18.2 Å². The van der Waals surface area contributed by atoms with Crippen molar-refractivity contribution < 1.29 is 29.6 Å². The monoisotopic (exact) mass is 410 g/mol. The summed E-state index contributed by atoms with van der Waals surface area (Å²) in [6.07, 6.45) is 7.49. The molecule has 2 aliphatic carbocycles. The van der Waals surface area contributed by atoms with Crippen molar-refractivity contribution >= 4 is 11.9 Å². The van der Waals surface area contributed by atoms with E-state index in [0.29, 0.717) is 24.2 Å². The van der Waals surface area contributed by atoms with E-state index in [1.54, 1.807) is 0 Å². The van der Waals surface area contributed by atoms with E-state index in [-0.39, 0.29) is 36.8 Å². The van der Waals surface area contributed by atoms with Crippen LogP contribution in [0.25, 0.3) is 0 Å². The van der Waals surface area contributed by atoms with Crippen molar-refractivity contribution in [3.63, 3.8) is 0 Å². The van der Waals surface area contributed by atoms with Gasteiger partial charge in [-0.3, -0.25) is 9.59 Å². The van der Waals surface area contributed by atoms with Crippen molar-refractivity contribution in [3.05, 3.63) is 12.2 Å².